The van der Waals surface area contributed by atoms with E-state index in [-0.39, 0.29) is 24.3 Å². The molecule has 4 rings (SSSR count). The van der Waals surface area contributed by atoms with Gasteiger partial charge in [-0.05, 0) is 53.7 Å². The van der Waals surface area contributed by atoms with Crippen molar-refractivity contribution in [1.29, 1.82) is 0 Å². The van der Waals surface area contributed by atoms with Crippen molar-refractivity contribution >= 4 is 34.9 Å². The highest BCUT2D eigenvalue weighted by atomic mass is 19.3. The number of carbonyl (C=O) groups excluding carboxylic acids is 2. The molecule has 2 unspecified atom stereocenters. The number of benzene rings is 3. The van der Waals surface area contributed by atoms with Crippen LogP contribution in [-0.2, 0) is 16.1 Å². The van der Waals surface area contributed by atoms with Gasteiger partial charge in [-0.2, -0.15) is 8.78 Å². The van der Waals surface area contributed by atoms with E-state index in [2.05, 4.69) is 37.9 Å². The number of ketones is 1. The number of methoxy groups -OCH3 is 1. The summed E-state index contributed by atoms with van der Waals surface area (Å²) in [5, 5.41) is 0. The second-order valence-corrected chi connectivity index (χ2v) is 10.8. The van der Waals surface area contributed by atoms with E-state index >= 15 is 0 Å². The number of aryl methyl sites for hydroxylation is 1. The summed E-state index contributed by atoms with van der Waals surface area (Å²) in [6, 6.07) is 18.0. The summed E-state index contributed by atoms with van der Waals surface area (Å²) >= 11 is 0. The largest absolute Gasteiger partial charge is 0.496 e. The number of allylic oxidation sites excluding steroid dienone is 1. The fraction of sp³-hybridized carbons (Fsp3) is 0.343. The molecule has 3 aromatic carbocycles. The summed E-state index contributed by atoms with van der Waals surface area (Å²) in [7, 11) is 1.30. The first-order valence-electron chi connectivity index (χ1n) is 14.7. The molecule has 0 bridgehead atoms. The number of anilines is 2. The Hall–Kier alpha value is -4.53. The lowest BCUT2D eigenvalue weighted by molar-refractivity contribution is -0.139. The number of rotatable bonds is 14. The third kappa shape index (κ3) is 7.70. The zero-order valence-corrected chi connectivity index (χ0v) is 25.7. The molecule has 0 radical (unpaired) electrons. The molecule has 1 heterocycles. The molecule has 1 aliphatic rings. The van der Waals surface area contributed by atoms with Gasteiger partial charge in [-0.25, -0.2) is 4.79 Å². The van der Waals surface area contributed by atoms with E-state index in [0.29, 0.717) is 17.8 Å². The van der Waals surface area contributed by atoms with Crippen molar-refractivity contribution in [3.63, 3.8) is 0 Å². The maximum Gasteiger partial charge on any atom is 0.387 e. The van der Waals surface area contributed by atoms with Gasteiger partial charge in [0.1, 0.15) is 23.7 Å². The second kappa shape index (κ2) is 14.8. The highest BCUT2D eigenvalue weighted by Gasteiger charge is 2.30. The SMILES string of the molecule is CCC(C)CN(c1cc(OC)c(C(=O)C(=O)OCc2ccccc2)c(OC(F)F)c1)c1ccc(C2=CC(CC)N=C2)cc1C. The van der Waals surface area contributed by atoms with Gasteiger partial charge in [-0.15, -0.1) is 0 Å². The van der Waals surface area contributed by atoms with Crippen molar-refractivity contribution in [3.8, 4) is 11.5 Å². The number of esters is 1. The second-order valence-electron chi connectivity index (χ2n) is 10.8. The van der Waals surface area contributed by atoms with E-state index in [9.17, 15) is 18.4 Å². The maximum atomic E-state index is 13.7. The van der Waals surface area contributed by atoms with Gasteiger partial charge >= 0.3 is 12.6 Å². The summed E-state index contributed by atoms with van der Waals surface area (Å²) < 4.78 is 42.9. The van der Waals surface area contributed by atoms with Gasteiger partial charge < -0.3 is 19.1 Å². The van der Waals surface area contributed by atoms with Crippen molar-refractivity contribution in [3.05, 3.63) is 89.0 Å². The summed E-state index contributed by atoms with van der Waals surface area (Å²) in [5.41, 5.74) is 4.60. The fourth-order valence-electron chi connectivity index (χ4n) is 4.98. The van der Waals surface area contributed by atoms with E-state index < -0.39 is 29.7 Å². The van der Waals surface area contributed by atoms with Gasteiger partial charge in [-0.1, -0.05) is 69.7 Å². The van der Waals surface area contributed by atoms with Gasteiger partial charge in [0, 0.05) is 36.3 Å². The first kappa shape index (κ1) is 32.4. The topological polar surface area (TPSA) is 77.4 Å². The molecule has 0 spiro atoms. The molecular formula is C35H38F2N2O5. The number of hydrogen-bond donors (Lipinski definition) is 0. The van der Waals surface area contributed by atoms with Crippen molar-refractivity contribution < 1.29 is 32.6 Å². The Balaban J connectivity index is 1.74. The number of nitrogens with zero attached hydrogens (tertiary/aromatic N) is 2. The zero-order valence-electron chi connectivity index (χ0n) is 25.7. The molecule has 7 nitrogen and oxygen atoms in total. The van der Waals surface area contributed by atoms with E-state index in [4.69, 9.17) is 14.2 Å². The summed E-state index contributed by atoms with van der Waals surface area (Å²) in [5.74, 6) is -2.69. The number of alkyl halides is 2. The molecule has 2 atom stereocenters. The average Bonchev–Trinajstić information content (AvgIpc) is 3.51. The quantitative estimate of drug-likeness (QED) is 0.106. The lowest BCUT2D eigenvalue weighted by Crippen LogP contribution is -2.25. The average molecular weight is 605 g/mol. The van der Waals surface area contributed by atoms with Crippen LogP contribution < -0.4 is 14.4 Å². The van der Waals surface area contributed by atoms with Crippen molar-refractivity contribution in [1.82, 2.24) is 0 Å². The number of halogens is 2. The first-order chi connectivity index (χ1) is 21.1. The van der Waals surface area contributed by atoms with E-state index in [0.717, 1.165) is 35.2 Å². The van der Waals surface area contributed by atoms with Gasteiger partial charge in [0.2, 0.25) is 0 Å². The predicted octanol–water partition coefficient (Wildman–Crippen LogP) is 7.96. The molecule has 0 fully saturated rings. The van der Waals surface area contributed by atoms with E-state index in [1.165, 1.54) is 13.2 Å². The van der Waals surface area contributed by atoms with E-state index in [1.54, 1.807) is 36.4 Å². The zero-order chi connectivity index (χ0) is 31.8. The molecule has 1 aliphatic heterocycles. The fourth-order valence-corrected chi connectivity index (χ4v) is 4.98. The molecule has 0 N–H and O–H groups in total. The first-order valence-corrected chi connectivity index (χ1v) is 14.7. The summed E-state index contributed by atoms with van der Waals surface area (Å²) in [6.45, 7) is 5.38. The van der Waals surface area contributed by atoms with Crippen LogP contribution in [0.3, 0.4) is 0 Å². The molecule has 0 saturated carbocycles. The third-order valence-corrected chi connectivity index (χ3v) is 7.63. The van der Waals surface area contributed by atoms with Crippen molar-refractivity contribution in [2.75, 3.05) is 18.6 Å². The Labute approximate surface area is 257 Å². The van der Waals surface area contributed by atoms with Crippen LogP contribution in [-0.4, -0.2) is 44.3 Å². The van der Waals surface area contributed by atoms with Crippen LogP contribution in [0.25, 0.3) is 5.57 Å². The minimum absolute atomic E-state index is 0.0823. The lowest BCUT2D eigenvalue weighted by Gasteiger charge is -2.30. The minimum Gasteiger partial charge on any atom is -0.496 e. The third-order valence-electron chi connectivity index (χ3n) is 7.63. The number of Topliss-reactive ketones (excluding diaryl/α,β-unsaturated/α-hetero) is 1. The van der Waals surface area contributed by atoms with Crippen LogP contribution in [0.1, 0.15) is 60.7 Å². The van der Waals surface area contributed by atoms with E-state index in [1.807, 2.05) is 30.2 Å². The molecule has 0 amide bonds. The van der Waals surface area contributed by atoms with Crippen LogP contribution in [0.15, 0.2) is 71.7 Å². The minimum atomic E-state index is -3.25. The van der Waals surface area contributed by atoms with Crippen molar-refractivity contribution in [2.24, 2.45) is 10.9 Å². The monoisotopic (exact) mass is 604 g/mol. The molecule has 44 heavy (non-hydrogen) atoms. The Kier molecular flexibility index (Phi) is 10.9. The van der Waals surface area contributed by atoms with Crippen LogP contribution in [0, 0.1) is 12.8 Å². The Bertz CT molecular complexity index is 1540. The molecule has 0 saturated heterocycles. The van der Waals surface area contributed by atoms with Crippen LogP contribution in [0.4, 0.5) is 20.2 Å². The van der Waals surface area contributed by atoms with Crippen LogP contribution >= 0.6 is 0 Å². The summed E-state index contributed by atoms with van der Waals surface area (Å²) in [4.78, 5) is 32.6. The molecule has 0 aliphatic carbocycles. The summed E-state index contributed by atoms with van der Waals surface area (Å²) in [6.07, 6.45) is 5.83. The molecule has 232 valence electrons. The molecular weight excluding hydrogens is 566 g/mol. The molecule has 3 aromatic rings. The molecule has 9 heteroatoms. The van der Waals surface area contributed by atoms with Crippen molar-refractivity contribution in [2.45, 2.75) is 59.8 Å². The van der Waals surface area contributed by atoms with Crippen LogP contribution in [0.2, 0.25) is 0 Å². The Morgan fingerprint density at radius 1 is 1.02 bits per heavy atom. The standard InChI is InChI=1S/C35H38F2N2O5/c1-6-22(3)20-39(29-14-13-25(15-23(29)4)26-16-27(7-2)38-19-26)28-17-30(42-5)32(31(18-28)44-35(36)37)33(40)34(41)43-21-24-11-9-8-10-12-24/h8-19,22,27,35H,6-7,20-21H2,1-5H3. The van der Waals surface area contributed by atoms with Gasteiger partial charge in [0.15, 0.2) is 0 Å². The maximum absolute atomic E-state index is 13.7. The number of ether oxygens (including phenoxy) is 3. The number of aliphatic imine (C=N–C) groups is 1. The predicted molar refractivity (Wildman–Crippen MR) is 168 cm³/mol. The Morgan fingerprint density at radius 3 is 2.36 bits per heavy atom. The van der Waals surface area contributed by atoms with Gasteiger partial charge in [-0.3, -0.25) is 9.79 Å². The highest BCUT2D eigenvalue weighted by Crippen LogP contribution is 2.40. The highest BCUT2D eigenvalue weighted by molar-refractivity contribution is 6.42. The van der Waals surface area contributed by atoms with Gasteiger partial charge in [0.25, 0.3) is 5.78 Å². The smallest absolute Gasteiger partial charge is 0.387 e. The van der Waals surface area contributed by atoms with Gasteiger partial charge in [0.05, 0.1) is 13.2 Å². The van der Waals surface area contributed by atoms with Crippen LogP contribution in [0.5, 0.6) is 11.5 Å². The number of carbonyl (C=O) groups is 2. The Morgan fingerprint density at radius 2 is 1.75 bits per heavy atom. The lowest BCUT2D eigenvalue weighted by atomic mass is 10.00. The molecule has 0 aromatic heterocycles. The normalized spacial score (nSPS) is 14.7. The number of hydrogen-bond acceptors (Lipinski definition) is 7.